The van der Waals surface area contributed by atoms with E-state index in [1.165, 1.54) is 29.3 Å². The number of hydrogen-bond acceptors (Lipinski definition) is 2. The number of thiophene rings is 1. The second-order valence-electron chi connectivity index (χ2n) is 5.10. The molecular weight excluding hydrogens is 295 g/mol. The zero-order valence-electron chi connectivity index (χ0n) is 10.9. The first-order chi connectivity index (χ1) is 9.63. The summed E-state index contributed by atoms with van der Waals surface area (Å²) in [6, 6.07) is 6.45. The third-order valence-electron chi connectivity index (χ3n) is 3.64. The molecule has 1 aliphatic rings. The molecule has 0 aliphatic heterocycles. The highest BCUT2D eigenvalue weighted by Crippen LogP contribution is 2.30. The molecule has 1 heterocycles. The van der Waals surface area contributed by atoms with E-state index in [9.17, 15) is 9.18 Å². The molecular formula is C16H14ClFOS. The van der Waals surface area contributed by atoms with Crippen LogP contribution in [0.3, 0.4) is 0 Å². The lowest BCUT2D eigenvalue weighted by Crippen LogP contribution is -2.03. The molecule has 3 rings (SSSR count). The van der Waals surface area contributed by atoms with Crippen LogP contribution < -0.4 is 0 Å². The third-order valence-corrected chi connectivity index (χ3v) is 5.15. The minimum Gasteiger partial charge on any atom is -0.293 e. The van der Waals surface area contributed by atoms with Crippen molar-refractivity contribution in [3.63, 3.8) is 0 Å². The maximum absolute atomic E-state index is 13.7. The highest BCUT2D eigenvalue weighted by molar-refractivity contribution is 7.14. The zero-order valence-corrected chi connectivity index (χ0v) is 12.5. The van der Waals surface area contributed by atoms with Gasteiger partial charge in [0.05, 0.1) is 4.88 Å². The van der Waals surface area contributed by atoms with Gasteiger partial charge in [-0.1, -0.05) is 17.7 Å². The molecule has 1 nitrogen and oxygen atoms in total. The lowest BCUT2D eigenvalue weighted by Gasteiger charge is -2.08. The lowest BCUT2D eigenvalue weighted by molar-refractivity contribution is 0.0995. The van der Waals surface area contributed by atoms with Gasteiger partial charge in [-0.3, -0.25) is 4.79 Å². The summed E-state index contributed by atoms with van der Waals surface area (Å²) in [5.41, 5.74) is 1.71. The van der Waals surface area contributed by atoms with E-state index in [1.54, 1.807) is 23.5 Å². The molecule has 0 fully saturated rings. The molecule has 0 atom stereocenters. The Balaban J connectivity index is 1.80. The summed E-state index contributed by atoms with van der Waals surface area (Å²) in [4.78, 5) is 14.4. The second-order valence-corrected chi connectivity index (χ2v) is 6.68. The summed E-state index contributed by atoms with van der Waals surface area (Å²) in [5, 5.41) is 0.352. The Morgan fingerprint density at radius 1 is 1.25 bits per heavy atom. The van der Waals surface area contributed by atoms with Crippen molar-refractivity contribution >= 4 is 28.7 Å². The maximum atomic E-state index is 13.7. The second kappa shape index (κ2) is 5.66. The lowest BCUT2D eigenvalue weighted by atomic mass is 9.98. The van der Waals surface area contributed by atoms with Crippen molar-refractivity contribution in [3.8, 4) is 0 Å². The van der Waals surface area contributed by atoms with E-state index in [1.807, 2.05) is 6.07 Å². The van der Waals surface area contributed by atoms with Gasteiger partial charge in [0.1, 0.15) is 5.82 Å². The molecule has 0 unspecified atom stereocenters. The van der Waals surface area contributed by atoms with Crippen molar-refractivity contribution in [2.24, 2.45) is 0 Å². The van der Waals surface area contributed by atoms with Crippen molar-refractivity contribution in [3.05, 3.63) is 56.0 Å². The van der Waals surface area contributed by atoms with Gasteiger partial charge in [-0.05, 0) is 55.0 Å². The van der Waals surface area contributed by atoms with E-state index in [0.29, 0.717) is 10.6 Å². The van der Waals surface area contributed by atoms with Gasteiger partial charge in [0, 0.05) is 16.3 Å². The van der Waals surface area contributed by atoms with E-state index < -0.39 is 5.82 Å². The zero-order chi connectivity index (χ0) is 14.1. The van der Waals surface area contributed by atoms with Crippen molar-refractivity contribution in [2.75, 3.05) is 0 Å². The molecule has 20 heavy (non-hydrogen) atoms. The number of carbonyl (C=O) groups is 1. The highest BCUT2D eigenvalue weighted by atomic mass is 35.5. The molecule has 0 bridgehead atoms. The van der Waals surface area contributed by atoms with Gasteiger partial charge in [-0.2, -0.15) is 0 Å². The average molecular weight is 309 g/mol. The minimum absolute atomic E-state index is 0.00868. The molecule has 1 aromatic heterocycles. The summed E-state index contributed by atoms with van der Waals surface area (Å²) >= 11 is 7.29. The number of halogens is 2. The SMILES string of the molecule is O=C(Cc1ccc(Cl)cc1F)c1cc2c(s1)CCCC2. The molecule has 4 heteroatoms. The fourth-order valence-electron chi connectivity index (χ4n) is 2.55. The van der Waals surface area contributed by atoms with Crippen LogP contribution in [0.25, 0.3) is 0 Å². The topological polar surface area (TPSA) is 17.1 Å². The van der Waals surface area contributed by atoms with Gasteiger partial charge in [0.2, 0.25) is 0 Å². The molecule has 0 radical (unpaired) electrons. The smallest absolute Gasteiger partial charge is 0.177 e. The van der Waals surface area contributed by atoms with Gasteiger partial charge >= 0.3 is 0 Å². The fourth-order valence-corrected chi connectivity index (χ4v) is 3.90. The van der Waals surface area contributed by atoms with Crippen molar-refractivity contribution in [1.29, 1.82) is 0 Å². The quantitative estimate of drug-likeness (QED) is 0.741. The Hall–Kier alpha value is -1.19. The van der Waals surface area contributed by atoms with Crippen LogP contribution >= 0.6 is 22.9 Å². The first-order valence-corrected chi connectivity index (χ1v) is 7.91. The van der Waals surface area contributed by atoms with E-state index >= 15 is 0 Å². The van der Waals surface area contributed by atoms with Gasteiger partial charge in [-0.15, -0.1) is 11.3 Å². The number of hydrogen-bond donors (Lipinski definition) is 0. The number of benzene rings is 1. The predicted molar refractivity (Wildman–Crippen MR) is 80.4 cm³/mol. The van der Waals surface area contributed by atoms with Crippen LogP contribution in [0.15, 0.2) is 24.3 Å². The van der Waals surface area contributed by atoms with Crippen molar-refractivity contribution in [1.82, 2.24) is 0 Å². The van der Waals surface area contributed by atoms with Crippen LogP contribution in [0.1, 0.15) is 38.5 Å². The van der Waals surface area contributed by atoms with Gasteiger partial charge in [0.15, 0.2) is 5.78 Å². The van der Waals surface area contributed by atoms with Crippen LogP contribution in [-0.4, -0.2) is 5.78 Å². The van der Waals surface area contributed by atoms with E-state index in [0.717, 1.165) is 17.7 Å². The first-order valence-electron chi connectivity index (χ1n) is 6.72. The number of rotatable bonds is 3. The van der Waals surface area contributed by atoms with Crippen molar-refractivity contribution < 1.29 is 9.18 Å². The molecule has 0 amide bonds. The standard InChI is InChI=1S/C16H14ClFOS/c17-12-6-5-10(13(18)9-12)7-14(19)16-8-11-3-1-2-4-15(11)20-16/h5-6,8-9H,1-4,7H2. The highest BCUT2D eigenvalue weighted by Gasteiger charge is 2.18. The largest absolute Gasteiger partial charge is 0.293 e. The van der Waals surface area contributed by atoms with Crippen LogP contribution in [0.5, 0.6) is 0 Å². The third kappa shape index (κ3) is 2.79. The molecule has 1 aliphatic carbocycles. The number of Topliss-reactive ketones (excluding diaryl/α,β-unsaturated/α-hetero) is 1. The molecule has 2 aromatic rings. The number of ketones is 1. The Labute approximate surface area is 126 Å². The van der Waals surface area contributed by atoms with Crippen LogP contribution in [0.2, 0.25) is 5.02 Å². The van der Waals surface area contributed by atoms with E-state index in [-0.39, 0.29) is 12.2 Å². The first kappa shape index (κ1) is 13.8. The average Bonchev–Trinajstić information content (AvgIpc) is 2.86. The molecule has 104 valence electrons. The van der Waals surface area contributed by atoms with E-state index in [4.69, 9.17) is 11.6 Å². The maximum Gasteiger partial charge on any atom is 0.177 e. The number of carbonyl (C=O) groups excluding carboxylic acids is 1. The minimum atomic E-state index is -0.410. The summed E-state index contributed by atoms with van der Waals surface area (Å²) in [5.74, 6) is -0.419. The van der Waals surface area contributed by atoms with Crippen LogP contribution in [-0.2, 0) is 19.3 Å². The molecule has 0 spiro atoms. The predicted octanol–water partition coefficient (Wildman–Crippen LogP) is 4.84. The Morgan fingerprint density at radius 2 is 2.05 bits per heavy atom. The molecule has 0 saturated carbocycles. The number of fused-ring (bicyclic) bond motifs is 1. The van der Waals surface area contributed by atoms with E-state index in [2.05, 4.69) is 0 Å². The normalized spacial score (nSPS) is 14.1. The van der Waals surface area contributed by atoms with Crippen molar-refractivity contribution in [2.45, 2.75) is 32.1 Å². The Morgan fingerprint density at radius 3 is 2.80 bits per heavy atom. The summed E-state index contributed by atoms with van der Waals surface area (Å²) < 4.78 is 13.7. The van der Waals surface area contributed by atoms with Gasteiger partial charge < -0.3 is 0 Å². The van der Waals surface area contributed by atoms with Gasteiger partial charge in [0.25, 0.3) is 0 Å². The fraction of sp³-hybridized carbons (Fsp3) is 0.312. The monoisotopic (exact) mass is 308 g/mol. The van der Waals surface area contributed by atoms with Crippen LogP contribution in [0, 0.1) is 5.82 Å². The summed E-state index contributed by atoms with van der Waals surface area (Å²) in [7, 11) is 0. The summed E-state index contributed by atoms with van der Waals surface area (Å²) in [6.45, 7) is 0. The van der Waals surface area contributed by atoms with Gasteiger partial charge in [-0.25, -0.2) is 4.39 Å². The molecule has 0 N–H and O–H groups in total. The Kier molecular flexibility index (Phi) is 3.90. The molecule has 0 saturated heterocycles. The molecule has 1 aromatic carbocycles. The number of aryl methyl sites for hydroxylation is 2. The Bertz CT molecular complexity index is 639. The summed E-state index contributed by atoms with van der Waals surface area (Å²) in [6.07, 6.45) is 4.63. The van der Waals surface area contributed by atoms with Crippen LogP contribution in [0.4, 0.5) is 4.39 Å².